The molecule has 0 aliphatic carbocycles. The maximum Gasteiger partial charge on any atom is 0.160 e. The summed E-state index contributed by atoms with van der Waals surface area (Å²) >= 11 is 1.48. The number of aliphatic hydroxyl groups excluding tert-OH is 1. The van der Waals surface area contributed by atoms with E-state index in [0.29, 0.717) is 18.1 Å². The normalized spacial score (nSPS) is 9.61. The first-order valence-electron chi connectivity index (χ1n) is 9.22. The molecule has 8 heteroatoms. The molecule has 28 heavy (non-hydrogen) atoms. The van der Waals surface area contributed by atoms with Gasteiger partial charge in [-0.3, -0.25) is 5.41 Å². The van der Waals surface area contributed by atoms with E-state index in [9.17, 15) is 8.78 Å². The van der Waals surface area contributed by atoms with E-state index in [1.807, 2.05) is 45.8 Å². The van der Waals surface area contributed by atoms with Gasteiger partial charge in [0.2, 0.25) is 0 Å². The summed E-state index contributed by atoms with van der Waals surface area (Å²) in [5, 5.41) is 22.8. The van der Waals surface area contributed by atoms with Crippen molar-refractivity contribution in [3.05, 3.63) is 46.3 Å². The number of hydrogen-bond acceptors (Lipinski definition) is 5. The minimum absolute atomic E-state index is 0.250. The first-order valence-corrected chi connectivity index (χ1v) is 10.0. The number of amidine groups is 1. The van der Waals surface area contributed by atoms with E-state index in [-0.39, 0.29) is 6.61 Å². The van der Waals surface area contributed by atoms with Crippen molar-refractivity contribution in [2.24, 2.45) is 0 Å². The van der Waals surface area contributed by atoms with Crippen molar-refractivity contribution in [2.45, 2.75) is 27.7 Å². The summed E-state index contributed by atoms with van der Waals surface area (Å²) in [4.78, 5) is 2.88. The Morgan fingerprint density at radius 3 is 2.36 bits per heavy atom. The van der Waals surface area contributed by atoms with Crippen molar-refractivity contribution in [2.75, 3.05) is 39.1 Å². The van der Waals surface area contributed by atoms with E-state index in [1.54, 1.807) is 6.92 Å². The number of anilines is 2. The van der Waals surface area contributed by atoms with Crippen LogP contribution in [0.5, 0.6) is 0 Å². The van der Waals surface area contributed by atoms with Gasteiger partial charge in [0.05, 0.1) is 5.56 Å². The fourth-order valence-electron chi connectivity index (χ4n) is 2.08. The van der Waals surface area contributed by atoms with Gasteiger partial charge in [-0.05, 0) is 39.1 Å². The molecule has 0 atom stereocenters. The summed E-state index contributed by atoms with van der Waals surface area (Å²) < 4.78 is 26.4. The minimum atomic E-state index is -0.897. The fraction of sp³-hybridized carbons (Fsp3) is 0.450. The van der Waals surface area contributed by atoms with E-state index in [2.05, 4.69) is 10.6 Å². The molecular formula is C20H32F2N4OS. The Morgan fingerprint density at radius 2 is 1.82 bits per heavy atom. The number of thiophene rings is 1. The third-order valence-corrected chi connectivity index (χ3v) is 4.33. The molecule has 0 saturated carbocycles. The third kappa shape index (κ3) is 8.33. The highest BCUT2D eigenvalue weighted by molar-refractivity contribution is 7.16. The van der Waals surface area contributed by atoms with Crippen molar-refractivity contribution in [3.8, 4) is 0 Å². The first-order chi connectivity index (χ1) is 13.3. The van der Waals surface area contributed by atoms with Crippen LogP contribution in [-0.4, -0.2) is 49.6 Å². The average molecular weight is 415 g/mol. The molecule has 2 rings (SSSR count). The number of aryl methyl sites for hydroxylation is 1. The zero-order valence-electron chi connectivity index (χ0n) is 17.5. The van der Waals surface area contributed by atoms with Gasteiger partial charge in [-0.2, -0.15) is 0 Å². The van der Waals surface area contributed by atoms with Crippen LogP contribution in [0.2, 0.25) is 0 Å². The molecule has 0 aliphatic heterocycles. The number of rotatable bonds is 6. The van der Waals surface area contributed by atoms with Gasteiger partial charge in [-0.25, -0.2) is 8.78 Å². The van der Waals surface area contributed by atoms with E-state index >= 15 is 0 Å². The predicted octanol–water partition coefficient (Wildman–Crippen LogP) is 4.58. The molecule has 0 spiro atoms. The number of nitrogens with one attached hydrogen (secondary N) is 3. The Hall–Kier alpha value is -2.03. The molecule has 158 valence electrons. The monoisotopic (exact) mass is 414 g/mol. The maximum atomic E-state index is 13.3. The van der Waals surface area contributed by atoms with Crippen molar-refractivity contribution in [1.29, 1.82) is 5.41 Å². The maximum absolute atomic E-state index is 13.3. The zero-order chi connectivity index (χ0) is 21.7. The SMILES string of the molecule is CC.CCO.CNCCN(C)C(=N)c1cc(C)sc1Nc1ccc(F)c(F)c1. The van der Waals surface area contributed by atoms with E-state index in [0.717, 1.165) is 34.1 Å². The van der Waals surface area contributed by atoms with Gasteiger partial charge in [0.1, 0.15) is 10.8 Å². The Labute approximate surface area is 170 Å². The Bertz CT molecular complexity index is 722. The van der Waals surface area contributed by atoms with Crippen molar-refractivity contribution in [3.63, 3.8) is 0 Å². The third-order valence-electron chi connectivity index (χ3n) is 3.37. The summed E-state index contributed by atoms with van der Waals surface area (Å²) in [6, 6.07) is 5.60. The molecule has 1 heterocycles. The molecule has 0 fully saturated rings. The molecular weight excluding hydrogens is 382 g/mol. The number of benzene rings is 1. The average Bonchev–Trinajstić information content (AvgIpc) is 3.04. The number of halogens is 2. The molecule has 1 aromatic heterocycles. The summed E-state index contributed by atoms with van der Waals surface area (Å²) in [5.41, 5.74) is 1.20. The Morgan fingerprint density at radius 1 is 1.21 bits per heavy atom. The highest BCUT2D eigenvalue weighted by Crippen LogP contribution is 2.31. The minimum Gasteiger partial charge on any atom is -0.397 e. The van der Waals surface area contributed by atoms with Crippen LogP contribution in [0, 0.1) is 24.0 Å². The number of hydrogen-bond donors (Lipinski definition) is 4. The molecule has 0 bridgehead atoms. The molecule has 2 aromatic rings. The van der Waals surface area contributed by atoms with Gasteiger partial charge in [-0.1, -0.05) is 13.8 Å². The lowest BCUT2D eigenvalue weighted by Crippen LogP contribution is -2.32. The fourth-order valence-corrected chi connectivity index (χ4v) is 3.02. The van der Waals surface area contributed by atoms with Crippen LogP contribution in [-0.2, 0) is 0 Å². The molecule has 4 N–H and O–H groups in total. The second-order valence-electron chi connectivity index (χ2n) is 5.54. The summed E-state index contributed by atoms with van der Waals surface area (Å²) in [6.45, 7) is 9.36. The number of aliphatic hydroxyl groups is 1. The van der Waals surface area contributed by atoms with Crippen molar-refractivity contribution >= 4 is 27.9 Å². The molecule has 0 radical (unpaired) electrons. The Kier molecular flexibility index (Phi) is 13.0. The number of likely N-dealkylation sites (N-methyl/N-ethyl adjacent to an activating group) is 2. The zero-order valence-corrected chi connectivity index (χ0v) is 18.3. The molecule has 5 nitrogen and oxygen atoms in total. The second-order valence-corrected chi connectivity index (χ2v) is 6.80. The lowest BCUT2D eigenvalue weighted by atomic mass is 10.2. The van der Waals surface area contributed by atoms with Crippen LogP contribution in [0.3, 0.4) is 0 Å². The van der Waals surface area contributed by atoms with Gasteiger partial charge in [0.15, 0.2) is 11.6 Å². The molecule has 1 aromatic carbocycles. The molecule has 0 aliphatic rings. The van der Waals surface area contributed by atoms with Crippen LogP contribution >= 0.6 is 11.3 Å². The quantitative estimate of drug-likeness (QED) is 0.412. The lowest BCUT2D eigenvalue weighted by Gasteiger charge is -2.20. The van der Waals surface area contributed by atoms with Crippen molar-refractivity contribution < 1.29 is 13.9 Å². The van der Waals surface area contributed by atoms with E-state index in [4.69, 9.17) is 10.5 Å². The largest absolute Gasteiger partial charge is 0.397 e. The van der Waals surface area contributed by atoms with Gasteiger partial charge in [0, 0.05) is 43.4 Å². The van der Waals surface area contributed by atoms with Crippen LogP contribution < -0.4 is 10.6 Å². The molecule has 0 amide bonds. The second kappa shape index (κ2) is 14.0. The van der Waals surface area contributed by atoms with Crippen LogP contribution in [0.4, 0.5) is 19.5 Å². The first kappa shape index (κ1) is 26.0. The lowest BCUT2D eigenvalue weighted by molar-refractivity contribution is 0.318. The van der Waals surface area contributed by atoms with Gasteiger partial charge < -0.3 is 20.6 Å². The number of nitrogens with zero attached hydrogens (tertiary/aromatic N) is 1. The summed E-state index contributed by atoms with van der Waals surface area (Å²) in [7, 11) is 3.72. The van der Waals surface area contributed by atoms with Gasteiger partial charge in [-0.15, -0.1) is 11.3 Å². The van der Waals surface area contributed by atoms with Crippen LogP contribution in [0.25, 0.3) is 0 Å². The summed E-state index contributed by atoms with van der Waals surface area (Å²) in [6.07, 6.45) is 0. The van der Waals surface area contributed by atoms with Gasteiger partial charge in [0.25, 0.3) is 0 Å². The van der Waals surface area contributed by atoms with Crippen LogP contribution in [0.15, 0.2) is 24.3 Å². The van der Waals surface area contributed by atoms with Gasteiger partial charge >= 0.3 is 0 Å². The topological polar surface area (TPSA) is 71.4 Å². The summed E-state index contributed by atoms with van der Waals surface area (Å²) in [5.74, 6) is -1.39. The molecule has 0 unspecified atom stereocenters. The Balaban J connectivity index is 0.00000133. The van der Waals surface area contributed by atoms with E-state index < -0.39 is 11.6 Å². The van der Waals surface area contributed by atoms with Crippen molar-refractivity contribution in [1.82, 2.24) is 10.2 Å². The smallest absolute Gasteiger partial charge is 0.160 e. The highest BCUT2D eigenvalue weighted by atomic mass is 32.1. The predicted molar refractivity (Wildman–Crippen MR) is 116 cm³/mol. The molecule has 0 saturated heterocycles. The standard InChI is InChI=1S/C16H20F2N4S.C2H6O.C2H6/c1-10-8-12(15(19)22(3)7-6-20-2)16(23-10)21-11-4-5-13(17)14(18)9-11;1-2-3;1-2/h4-5,8-9,19-21H,6-7H2,1-3H3;3H,2H2,1H3;1-2H3. The van der Waals surface area contributed by atoms with Crippen LogP contribution in [0.1, 0.15) is 31.2 Å². The highest BCUT2D eigenvalue weighted by Gasteiger charge is 2.16. The van der Waals surface area contributed by atoms with E-state index in [1.165, 1.54) is 17.4 Å².